The van der Waals surface area contributed by atoms with Crippen LogP contribution in [0, 0.1) is 0 Å². The number of amides is 1. The number of rotatable bonds is 9. The first-order valence-electron chi connectivity index (χ1n) is 10.3. The topological polar surface area (TPSA) is 125 Å². The summed E-state index contributed by atoms with van der Waals surface area (Å²) in [7, 11) is 0. The molecular formula is C22H22N6O3S2. The molecule has 2 aromatic heterocycles. The Morgan fingerprint density at radius 2 is 2.00 bits per heavy atom. The van der Waals surface area contributed by atoms with Crippen LogP contribution in [0.3, 0.4) is 0 Å². The van der Waals surface area contributed by atoms with Gasteiger partial charge in [0.05, 0.1) is 22.4 Å². The minimum absolute atomic E-state index is 0.0312. The summed E-state index contributed by atoms with van der Waals surface area (Å²) in [6, 6.07) is 15.3. The summed E-state index contributed by atoms with van der Waals surface area (Å²) >= 11 is 2.82. The van der Waals surface area contributed by atoms with Crippen LogP contribution in [0.2, 0.25) is 0 Å². The molecule has 170 valence electrons. The van der Waals surface area contributed by atoms with Gasteiger partial charge in [0.15, 0.2) is 10.3 Å². The number of nitrogens with one attached hydrogen (secondary N) is 1. The number of thioether (sulfide) groups is 1. The summed E-state index contributed by atoms with van der Waals surface area (Å²) in [6.45, 7) is 2.02. The molecule has 9 nitrogen and oxygen atoms in total. The molecule has 0 atom stereocenters. The predicted molar refractivity (Wildman–Crippen MR) is 130 cm³/mol. The molecule has 0 radical (unpaired) electrons. The van der Waals surface area contributed by atoms with E-state index in [0.29, 0.717) is 28.0 Å². The maximum absolute atomic E-state index is 12.7. The average Bonchev–Trinajstić information content (AvgIpc) is 3.37. The van der Waals surface area contributed by atoms with E-state index in [1.54, 1.807) is 29.7 Å². The van der Waals surface area contributed by atoms with Crippen molar-refractivity contribution >= 4 is 56.3 Å². The molecule has 11 heteroatoms. The number of benzene rings is 2. The van der Waals surface area contributed by atoms with Crippen LogP contribution in [0.5, 0.6) is 0 Å². The van der Waals surface area contributed by atoms with Gasteiger partial charge in [0, 0.05) is 5.75 Å². The standard InChI is InChI=1S/C22H22N6O3S2/c1-2-31-19(30)15-8-9-17-16(12-15)24-21(33-17)25-18(29)13-28-20(23)26-27-22(28)32-11-10-14-6-4-3-5-7-14/h3-9,12H,2,10-11,13H2,1H3,(H2,23,26)(H,24,25,29). The number of carbonyl (C=O) groups excluding carboxylic acids is 2. The van der Waals surface area contributed by atoms with Crippen molar-refractivity contribution in [1.29, 1.82) is 0 Å². The number of thiazole rings is 1. The molecule has 0 aliphatic carbocycles. The molecule has 33 heavy (non-hydrogen) atoms. The van der Waals surface area contributed by atoms with Gasteiger partial charge >= 0.3 is 5.97 Å². The van der Waals surface area contributed by atoms with Crippen LogP contribution < -0.4 is 11.1 Å². The number of aryl methyl sites for hydroxylation is 1. The Bertz CT molecular complexity index is 1270. The second-order valence-corrected chi connectivity index (χ2v) is 9.07. The Hall–Kier alpha value is -3.44. The lowest BCUT2D eigenvalue weighted by molar-refractivity contribution is -0.116. The van der Waals surface area contributed by atoms with Crippen LogP contribution in [0.15, 0.2) is 53.7 Å². The van der Waals surface area contributed by atoms with E-state index in [0.717, 1.165) is 16.9 Å². The third kappa shape index (κ3) is 5.68. The molecule has 0 saturated carbocycles. The highest BCUT2D eigenvalue weighted by molar-refractivity contribution is 7.99. The van der Waals surface area contributed by atoms with Crippen LogP contribution in [0.25, 0.3) is 10.2 Å². The van der Waals surface area contributed by atoms with Crippen LogP contribution in [-0.4, -0.2) is 44.0 Å². The SMILES string of the molecule is CCOC(=O)c1ccc2sc(NC(=O)Cn3c(N)nnc3SCCc3ccccc3)nc2c1. The zero-order chi connectivity index (χ0) is 23.2. The van der Waals surface area contributed by atoms with Gasteiger partial charge in [-0.3, -0.25) is 9.36 Å². The number of nitrogens with two attached hydrogens (primary N) is 1. The fraction of sp³-hybridized carbons (Fsp3) is 0.227. The van der Waals surface area contributed by atoms with Gasteiger partial charge in [-0.1, -0.05) is 53.4 Å². The lowest BCUT2D eigenvalue weighted by Gasteiger charge is -2.07. The maximum atomic E-state index is 12.7. The highest BCUT2D eigenvalue weighted by Crippen LogP contribution is 2.27. The molecule has 0 spiro atoms. The van der Waals surface area contributed by atoms with Crippen molar-refractivity contribution in [3.8, 4) is 0 Å². The van der Waals surface area contributed by atoms with Gasteiger partial charge in [-0.25, -0.2) is 9.78 Å². The Labute approximate surface area is 198 Å². The molecule has 0 aliphatic heterocycles. The zero-order valence-corrected chi connectivity index (χ0v) is 19.5. The van der Waals surface area contributed by atoms with Gasteiger partial charge in [0.1, 0.15) is 6.54 Å². The number of hydrogen-bond acceptors (Lipinski definition) is 9. The smallest absolute Gasteiger partial charge is 0.338 e. The van der Waals surface area contributed by atoms with Crippen LogP contribution in [-0.2, 0) is 22.5 Å². The molecule has 0 aliphatic rings. The third-order valence-corrected chi connectivity index (χ3v) is 6.58. The second kappa shape index (κ2) is 10.5. The van der Waals surface area contributed by atoms with Gasteiger partial charge in [0.25, 0.3) is 0 Å². The predicted octanol–water partition coefficient (Wildman–Crippen LogP) is 3.62. The molecule has 0 unspecified atom stereocenters. The Morgan fingerprint density at radius 1 is 1.18 bits per heavy atom. The number of carbonyl (C=O) groups is 2. The van der Waals surface area contributed by atoms with Crippen molar-refractivity contribution in [1.82, 2.24) is 19.7 Å². The molecular weight excluding hydrogens is 460 g/mol. The third-order valence-electron chi connectivity index (χ3n) is 4.66. The molecule has 2 heterocycles. The minimum Gasteiger partial charge on any atom is -0.462 e. The minimum atomic E-state index is -0.404. The molecule has 2 aromatic carbocycles. The largest absolute Gasteiger partial charge is 0.462 e. The second-order valence-electron chi connectivity index (χ2n) is 6.98. The van der Waals surface area contributed by atoms with Gasteiger partial charge in [-0.05, 0) is 37.1 Å². The van der Waals surface area contributed by atoms with Gasteiger partial charge < -0.3 is 15.8 Å². The summed E-state index contributed by atoms with van der Waals surface area (Å²) in [6.07, 6.45) is 0.865. The first-order chi connectivity index (χ1) is 16.0. The van der Waals surface area contributed by atoms with E-state index in [1.165, 1.54) is 28.7 Å². The quantitative estimate of drug-likeness (QED) is 0.274. The molecule has 0 bridgehead atoms. The van der Waals surface area contributed by atoms with Crippen molar-refractivity contribution in [3.05, 3.63) is 59.7 Å². The van der Waals surface area contributed by atoms with Crippen LogP contribution in [0.1, 0.15) is 22.8 Å². The average molecular weight is 483 g/mol. The highest BCUT2D eigenvalue weighted by Gasteiger charge is 2.16. The summed E-state index contributed by atoms with van der Waals surface area (Å²) < 4.78 is 7.45. The van der Waals surface area contributed by atoms with Gasteiger partial charge in [-0.15, -0.1) is 10.2 Å². The molecule has 4 rings (SSSR count). The number of fused-ring (bicyclic) bond motifs is 1. The Morgan fingerprint density at radius 3 is 2.79 bits per heavy atom. The lowest BCUT2D eigenvalue weighted by atomic mass is 10.2. The number of ether oxygens (including phenoxy) is 1. The Balaban J connectivity index is 1.39. The maximum Gasteiger partial charge on any atom is 0.338 e. The number of anilines is 2. The summed E-state index contributed by atoms with van der Waals surface area (Å²) in [5, 5.41) is 11.8. The van der Waals surface area contributed by atoms with E-state index < -0.39 is 5.97 Å². The molecule has 3 N–H and O–H groups in total. The Kier molecular flexibility index (Phi) is 7.20. The summed E-state index contributed by atoms with van der Waals surface area (Å²) in [5.74, 6) is 0.259. The normalized spacial score (nSPS) is 10.9. The van der Waals surface area contributed by atoms with Crippen molar-refractivity contribution in [2.45, 2.75) is 25.0 Å². The van der Waals surface area contributed by atoms with E-state index in [1.807, 2.05) is 18.2 Å². The van der Waals surface area contributed by atoms with E-state index in [4.69, 9.17) is 10.5 Å². The van der Waals surface area contributed by atoms with Gasteiger partial charge in [0.2, 0.25) is 11.9 Å². The highest BCUT2D eigenvalue weighted by atomic mass is 32.2. The number of nitrogens with zero attached hydrogens (tertiary/aromatic N) is 4. The first kappa shape index (κ1) is 22.7. The monoisotopic (exact) mass is 482 g/mol. The fourth-order valence-electron chi connectivity index (χ4n) is 3.08. The van der Waals surface area contributed by atoms with Crippen molar-refractivity contribution in [2.75, 3.05) is 23.4 Å². The summed E-state index contributed by atoms with van der Waals surface area (Å²) in [4.78, 5) is 29.0. The van der Waals surface area contributed by atoms with E-state index in [-0.39, 0.29) is 18.4 Å². The van der Waals surface area contributed by atoms with Crippen LogP contribution in [0.4, 0.5) is 11.1 Å². The zero-order valence-electron chi connectivity index (χ0n) is 17.9. The van der Waals surface area contributed by atoms with Crippen molar-refractivity contribution in [3.63, 3.8) is 0 Å². The summed E-state index contributed by atoms with van der Waals surface area (Å²) in [5.41, 5.74) is 8.19. The van der Waals surface area contributed by atoms with E-state index in [9.17, 15) is 9.59 Å². The van der Waals surface area contributed by atoms with Crippen molar-refractivity contribution in [2.24, 2.45) is 0 Å². The molecule has 1 amide bonds. The fourth-order valence-corrected chi connectivity index (χ4v) is 4.88. The number of hydrogen-bond donors (Lipinski definition) is 2. The number of esters is 1. The molecule has 0 saturated heterocycles. The molecule has 0 fully saturated rings. The first-order valence-corrected chi connectivity index (χ1v) is 12.1. The van der Waals surface area contributed by atoms with Crippen LogP contribution >= 0.6 is 23.1 Å². The number of nitrogen functional groups attached to an aromatic ring is 1. The van der Waals surface area contributed by atoms with Crippen molar-refractivity contribution < 1.29 is 14.3 Å². The molecule has 4 aromatic rings. The van der Waals surface area contributed by atoms with E-state index in [2.05, 4.69) is 32.6 Å². The lowest BCUT2D eigenvalue weighted by Crippen LogP contribution is -2.20. The number of aromatic nitrogens is 4. The van der Waals surface area contributed by atoms with E-state index >= 15 is 0 Å². The van der Waals surface area contributed by atoms with Gasteiger partial charge in [-0.2, -0.15) is 0 Å².